The van der Waals surface area contributed by atoms with E-state index in [2.05, 4.69) is 15.5 Å². The Morgan fingerprint density at radius 2 is 2.06 bits per heavy atom. The molecular formula is C11H10ClN3O2. The van der Waals surface area contributed by atoms with Gasteiger partial charge in [0.15, 0.2) is 0 Å². The van der Waals surface area contributed by atoms with Crippen LogP contribution in [0.25, 0.3) is 0 Å². The summed E-state index contributed by atoms with van der Waals surface area (Å²) in [6.45, 7) is 1.64. The highest BCUT2D eigenvalue weighted by Gasteiger charge is 2.19. The van der Waals surface area contributed by atoms with Gasteiger partial charge in [0.05, 0.1) is 0 Å². The Balaban J connectivity index is 2.06. The molecular weight excluding hydrogens is 242 g/mol. The Morgan fingerprint density at radius 1 is 1.35 bits per heavy atom. The number of carbonyl (C=O) groups excluding carboxylic acids is 1. The van der Waals surface area contributed by atoms with Crippen molar-refractivity contribution in [2.45, 2.75) is 12.3 Å². The molecule has 0 fully saturated rings. The summed E-state index contributed by atoms with van der Waals surface area (Å²) in [5.74, 6) is -0.0207. The average Bonchev–Trinajstić information content (AvgIpc) is 2.75. The molecule has 17 heavy (non-hydrogen) atoms. The molecule has 2 aromatic rings. The number of alkyl halides is 1. The van der Waals surface area contributed by atoms with Gasteiger partial charge < -0.3 is 4.42 Å². The number of carbonyl (C=O) groups is 1. The highest BCUT2D eigenvalue weighted by Crippen LogP contribution is 2.21. The molecule has 1 aromatic heterocycles. The molecule has 0 spiro atoms. The van der Waals surface area contributed by atoms with E-state index in [0.717, 1.165) is 0 Å². The topological polar surface area (TPSA) is 68.0 Å². The van der Waals surface area contributed by atoms with Crippen LogP contribution in [0.15, 0.2) is 34.7 Å². The summed E-state index contributed by atoms with van der Waals surface area (Å²) in [5.41, 5.74) is 0.711. The van der Waals surface area contributed by atoms with E-state index in [1.807, 2.05) is 18.2 Å². The normalized spacial score (nSPS) is 12.1. The van der Waals surface area contributed by atoms with Gasteiger partial charge in [0, 0.05) is 6.92 Å². The smallest absolute Gasteiger partial charge is 0.322 e. The minimum atomic E-state index is -0.789. The molecule has 1 N–H and O–H groups in total. The maximum Gasteiger partial charge on any atom is 0.322 e. The lowest BCUT2D eigenvalue weighted by molar-refractivity contribution is -0.116. The summed E-state index contributed by atoms with van der Waals surface area (Å²) >= 11 is 6.01. The molecule has 0 aliphatic carbocycles. The van der Waals surface area contributed by atoms with Crippen molar-refractivity contribution in [3.05, 3.63) is 41.8 Å². The van der Waals surface area contributed by atoms with Crippen LogP contribution in [-0.4, -0.2) is 16.1 Å². The molecule has 1 aromatic carbocycles. The van der Waals surface area contributed by atoms with Crippen LogP contribution in [-0.2, 0) is 4.79 Å². The number of halogens is 1. The summed E-state index contributed by atoms with van der Waals surface area (Å²) in [6.07, 6.45) is 0. The predicted octanol–water partition coefficient (Wildman–Crippen LogP) is 2.30. The van der Waals surface area contributed by atoms with Gasteiger partial charge in [0.1, 0.15) is 5.38 Å². The fraction of sp³-hybridized carbons (Fsp3) is 0.182. The first-order valence-electron chi connectivity index (χ1n) is 4.97. The zero-order valence-electron chi connectivity index (χ0n) is 9.05. The first-order chi connectivity index (χ1) is 8.16. The Labute approximate surface area is 103 Å². The highest BCUT2D eigenvalue weighted by molar-refractivity contribution is 6.32. The second kappa shape index (κ2) is 4.97. The average molecular weight is 252 g/mol. The molecule has 6 heteroatoms. The molecule has 1 unspecified atom stereocenters. The van der Waals surface area contributed by atoms with E-state index in [9.17, 15) is 4.79 Å². The molecule has 2 rings (SSSR count). The summed E-state index contributed by atoms with van der Waals surface area (Å²) in [5, 5.41) is 8.91. The second-order valence-corrected chi connectivity index (χ2v) is 3.83. The largest absolute Gasteiger partial charge is 0.408 e. The van der Waals surface area contributed by atoms with Crippen molar-refractivity contribution < 1.29 is 9.21 Å². The van der Waals surface area contributed by atoms with Crippen LogP contribution in [0.4, 0.5) is 6.01 Å². The van der Waals surface area contributed by atoms with E-state index < -0.39 is 11.3 Å². The molecule has 1 amide bonds. The molecule has 5 nitrogen and oxygen atoms in total. The molecule has 0 saturated heterocycles. The number of nitrogens with zero attached hydrogens (tertiary/aromatic N) is 2. The zero-order valence-corrected chi connectivity index (χ0v) is 9.81. The molecule has 0 saturated carbocycles. The van der Waals surface area contributed by atoms with Gasteiger partial charge in [-0.15, -0.1) is 16.7 Å². The summed E-state index contributed by atoms with van der Waals surface area (Å²) in [4.78, 5) is 11.8. The zero-order chi connectivity index (χ0) is 12.3. The molecule has 1 heterocycles. The van der Waals surface area contributed by atoms with E-state index in [0.29, 0.717) is 11.5 Å². The first kappa shape index (κ1) is 11.6. The highest BCUT2D eigenvalue weighted by atomic mass is 35.5. The lowest BCUT2D eigenvalue weighted by atomic mass is 10.1. The van der Waals surface area contributed by atoms with E-state index in [1.54, 1.807) is 19.1 Å². The van der Waals surface area contributed by atoms with Crippen molar-refractivity contribution in [1.29, 1.82) is 0 Å². The van der Waals surface area contributed by atoms with Gasteiger partial charge in [0.2, 0.25) is 5.89 Å². The number of aromatic nitrogens is 2. The summed E-state index contributed by atoms with van der Waals surface area (Å²) < 4.78 is 5.03. The third-order valence-corrected chi connectivity index (χ3v) is 2.53. The Kier molecular flexibility index (Phi) is 3.39. The van der Waals surface area contributed by atoms with Gasteiger partial charge in [-0.1, -0.05) is 35.4 Å². The van der Waals surface area contributed by atoms with Crippen LogP contribution < -0.4 is 5.32 Å². The molecule has 0 aliphatic rings. The minimum Gasteiger partial charge on any atom is -0.408 e. The van der Waals surface area contributed by atoms with Crippen molar-refractivity contribution in [2.24, 2.45) is 0 Å². The molecule has 88 valence electrons. The lowest BCUT2D eigenvalue weighted by Gasteiger charge is -2.07. The maximum absolute atomic E-state index is 11.8. The molecule has 1 atom stereocenters. The van der Waals surface area contributed by atoms with Crippen molar-refractivity contribution in [2.75, 3.05) is 5.32 Å². The first-order valence-corrected chi connectivity index (χ1v) is 5.40. The number of amides is 1. The Hall–Kier alpha value is -1.88. The van der Waals surface area contributed by atoms with Crippen molar-refractivity contribution >= 4 is 23.5 Å². The fourth-order valence-electron chi connectivity index (χ4n) is 1.29. The van der Waals surface area contributed by atoms with Crippen LogP contribution >= 0.6 is 11.6 Å². The van der Waals surface area contributed by atoms with E-state index in [4.69, 9.17) is 16.0 Å². The maximum atomic E-state index is 11.8. The molecule has 0 aliphatic heterocycles. The third kappa shape index (κ3) is 2.82. The Morgan fingerprint density at radius 3 is 2.65 bits per heavy atom. The van der Waals surface area contributed by atoms with Crippen LogP contribution in [0.3, 0.4) is 0 Å². The quantitative estimate of drug-likeness (QED) is 0.850. The molecule has 0 radical (unpaired) electrons. The van der Waals surface area contributed by atoms with Crippen molar-refractivity contribution in [3.63, 3.8) is 0 Å². The van der Waals surface area contributed by atoms with Gasteiger partial charge in [0.25, 0.3) is 5.91 Å². The number of benzene rings is 1. The van der Waals surface area contributed by atoms with E-state index in [-0.39, 0.29) is 6.01 Å². The van der Waals surface area contributed by atoms with E-state index >= 15 is 0 Å². The van der Waals surface area contributed by atoms with Crippen LogP contribution in [0, 0.1) is 6.92 Å². The second-order valence-electron chi connectivity index (χ2n) is 3.39. The number of hydrogen-bond acceptors (Lipinski definition) is 4. The van der Waals surface area contributed by atoms with Gasteiger partial charge >= 0.3 is 6.01 Å². The van der Waals surface area contributed by atoms with E-state index in [1.165, 1.54) is 0 Å². The summed E-state index contributed by atoms with van der Waals surface area (Å²) in [6, 6.07) is 9.08. The lowest BCUT2D eigenvalue weighted by Crippen LogP contribution is -2.17. The van der Waals surface area contributed by atoms with Crippen LogP contribution in [0.1, 0.15) is 16.8 Å². The third-order valence-electron chi connectivity index (χ3n) is 2.08. The van der Waals surface area contributed by atoms with Crippen LogP contribution in [0.2, 0.25) is 0 Å². The monoisotopic (exact) mass is 251 g/mol. The number of anilines is 1. The standard InChI is InChI=1S/C11H10ClN3O2/c1-7-14-15-11(17-7)13-10(16)9(12)8-5-3-2-4-6-8/h2-6,9H,1H3,(H,13,15,16). The SMILES string of the molecule is Cc1nnc(NC(=O)C(Cl)c2ccccc2)o1. The number of nitrogens with one attached hydrogen (secondary N) is 1. The predicted molar refractivity (Wildman–Crippen MR) is 62.7 cm³/mol. The van der Waals surface area contributed by atoms with Gasteiger partial charge in [-0.2, -0.15) is 0 Å². The van der Waals surface area contributed by atoms with Crippen molar-refractivity contribution in [1.82, 2.24) is 10.2 Å². The molecule has 0 bridgehead atoms. The fourth-order valence-corrected chi connectivity index (χ4v) is 1.49. The van der Waals surface area contributed by atoms with Gasteiger partial charge in [-0.25, -0.2) is 0 Å². The minimum absolute atomic E-state index is 0.0501. The van der Waals surface area contributed by atoms with Crippen molar-refractivity contribution in [3.8, 4) is 0 Å². The Bertz CT molecular complexity index is 512. The number of aryl methyl sites for hydroxylation is 1. The van der Waals surface area contributed by atoms with Gasteiger partial charge in [-0.3, -0.25) is 10.1 Å². The van der Waals surface area contributed by atoms with Gasteiger partial charge in [-0.05, 0) is 5.56 Å². The number of rotatable bonds is 3. The van der Waals surface area contributed by atoms with Crippen LogP contribution in [0.5, 0.6) is 0 Å². The summed E-state index contributed by atoms with van der Waals surface area (Å²) in [7, 11) is 0. The number of hydrogen-bond donors (Lipinski definition) is 1.